The van der Waals surface area contributed by atoms with E-state index in [1.54, 1.807) is 17.7 Å². The summed E-state index contributed by atoms with van der Waals surface area (Å²) in [5, 5.41) is 14.1. The van der Waals surface area contributed by atoms with Crippen molar-refractivity contribution in [2.45, 2.75) is 0 Å². The number of fused-ring (bicyclic) bond motifs is 1. The van der Waals surface area contributed by atoms with Crippen molar-refractivity contribution in [1.29, 1.82) is 0 Å². The molecule has 0 aliphatic rings. The molecule has 0 aliphatic heterocycles. The van der Waals surface area contributed by atoms with Crippen LogP contribution in [0.4, 0.5) is 11.4 Å². The highest BCUT2D eigenvalue weighted by molar-refractivity contribution is 7.16. The van der Waals surface area contributed by atoms with E-state index in [4.69, 9.17) is 5.73 Å². The van der Waals surface area contributed by atoms with Crippen LogP contribution >= 0.6 is 11.3 Å². The van der Waals surface area contributed by atoms with Crippen molar-refractivity contribution in [2.75, 3.05) is 18.4 Å². The van der Waals surface area contributed by atoms with E-state index in [-0.39, 0.29) is 5.69 Å². The van der Waals surface area contributed by atoms with E-state index in [9.17, 15) is 10.1 Å². The average molecular weight is 264 g/mol. The molecule has 0 saturated carbocycles. The maximum absolute atomic E-state index is 11.1. The fraction of sp³-hybridized carbons (Fsp3) is 0.182. The number of hydrogen-bond acceptors (Lipinski definition) is 6. The fourth-order valence-corrected chi connectivity index (χ4v) is 2.27. The number of nitro benzene ring substituents is 1. The Morgan fingerprint density at radius 2 is 2.33 bits per heavy atom. The van der Waals surface area contributed by atoms with E-state index in [0.717, 1.165) is 4.70 Å². The molecule has 3 N–H and O–H groups in total. The predicted molar refractivity (Wildman–Crippen MR) is 73.0 cm³/mol. The van der Waals surface area contributed by atoms with Gasteiger partial charge in [-0.05, 0) is 12.1 Å². The van der Waals surface area contributed by atoms with Gasteiger partial charge in [-0.2, -0.15) is 0 Å². The summed E-state index contributed by atoms with van der Waals surface area (Å²) in [5.74, 6) is 0. The standard InChI is InChI=1S/C11H12N4O2S/c12-5-1-2-6-13-8-3-4-9-10(14-7-18-9)11(8)15(16)17/h1-4,7,13H,5-6,12H2/b2-1+. The Kier molecular flexibility index (Phi) is 3.85. The largest absolute Gasteiger partial charge is 0.376 e. The molecule has 0 aliphatic carbocycles. The van der Waals surface area contributed by atoms with Crippen LogP contribution in [0.25, 0.3) is 10.2 Å². The third kappa shape index (κ3) is 2.47. The second-order valence-electron chi connectivity index (χ2n) is 3.51. The Balaban J connectivity index is 2.34. The number of nitro groups is 1. The van der Waals surface area contributed by atoms with E-state index >= 15 is 0 Å². The van der Waals surface area contributed by atoms with E-state index in [1.807, 2.05) is 12.1 Å². The third-order valence-electron chi connectivity index (χ3n) is 2.37. The molecule has 2 aromatic rings. The average Bonchev–Trinajstić information content (AvgIpc) is 2.81. The topological polar surface area (TPSA) is 94.1 Å². The number of benzene rings is 1. The molecule has 0 saturated heterocycles. The van der Waals surface area contributed by atoms with E-state index in [1.165, 1.54) is 11.3 Å². The molecule has 1 heterocycles. The predicted octanol–water partition coefficient (Wildman–Crippen LogP) is 2.13. The Hall–Kier alpha value is -1.99. The Labute approximate surface area is 107 Å². The lowest BCUT2D eigenvalue weighted by Gasteiger charge is -2.04. The summed E-state index contributed by atoms with van der Waals surface area (Å²) in [5.41, 5.74) is 7.85. The van der Waals surface area contributed by atoms with Crippen LogP contribution in [0.2, 0.25) is 0 Å². The molecular formula is C11H12N4O2S. The van der Waals surface area contributed by atoms with Gasteiger partial charge in [0.2, 0.25) is 0 Å². The van der Waals surface area contributed by atoms with Gasteiger partial charge in [0.25, 0.3) is 0 Å². The highest BCUT2D eigenvalue weighted by Gasteiger charge is 2.19. The summed E-state index contributed by atoms with van der Waals surface area (Å²) in [6.45, 7) is 0.947. The lowest BCUT2D eigenvalue weighted by molar-refractivity contribution is -0.382. The zero-order valence-electron chi connectivity index (χ0n) is 9.50. The van der Waals surface area contributed by atoms with Crippen LogP contribution in [0.3, 0.4) is 0 Å². The minimum atomic E-state index is -0.406. The molecular weight excluding hydrogens is 252 g/mol. The van der Waals surface area contributed by atoms with Crippen molar-refractivity contribution in [3.05, 3.63) is 39.9 Å². The lowest BCUT2D eigenvalue weighted by atomic mass is 10.2. The molecule has 1 aromatic heterocycles. The Morgan fingerprint density at radius 1 is 1.50 bits per heavy atom. The quantitative estimate of drug-likeness (QED) is 0.490. The van der Waals surface area contributed by atoms with Gasteiger partial charge in [0.05, 0.1) is 15.1 Å². The third-order valence-corrected chi connectivity index (χ3v) is 3.17. The first-order valence-electron chi connectivity index (χ1n) is 5.33. The number of nitrogens with zero attached hydrogens (tertiary/aromatic N) is 2. The summed E-state index contributed by atoms with van der Waals surface area (Å²) in [6, 6.07) is 3.53. The normalized spacial score (nSPS) is 11.2. The van der Waals surface area contributed by atoms with Gasteiger partial charge in [-0.1, -0.05) is 12.2 Å². The van der Waals surface area contributed by atoms with Crippen LogP contribution in [0.15, 0.2) is 29.8 Å². The molecule has 7 heteroatoms. The molecule has 0 atom stereocenters. The number of aromatic nitrogens is 1. The first-order chi connectivity index (χ1) is 8.74. The maximum Gasteiger partial charge on any atom is 0.319 e. The van der Waals surface area contributed by atoms with Crippen LogP contribution in [0.1, 0.15) is 0 Å². The monoisotopic (exact) mass is 264 g/mol. The van der Waals surface area contributed by atoms with Crippen LogP contribution < -0.4 is 11.1 Å². The molecule has 0 spiro atoms. The van der Waals surface area contributed by atoms with Gasteiger partial charge in [-0.25, -0.2) is 4.98 Å². The molecule has 2 rings (SSSR count). The second kappa shape index (κ2) is 5.56. The zero-order chi connectivity index (χ0) is 13.0. The first-order valence-corrected chi connectivity index (χ1v) is 6.21. The first kappa shape index (κ1) is 12.5. The molecule has 0 fully saturated rings. The molecule has 94 valence electrons. The molecule has 0 radical (unpaired) electrons. The van der Waals surface area contributed by atoms with Crippen LogP contribution in [0.5, 0.6) is 0 Å². The zero-order valence-corrected chi connectivity index (χ0v) is 10.3. The van der Waals surface area contributed by atoms with Gasteiger partial charge in [-0.3, -0.25) is 10.1 Å². The van der Waals surface area contributed by atoms with Crippen molar-refractivity contribution in [3.8, 4) is 0 Å². The van der Waals surface area contributed by atoms with Crippen LogP contribution in [-0.4, -0.2) is 23.0 Å². The molecule has 0 amide bonds. The fourth-order valence-electron chi connectivity index (χ4n) is 1.59. The number of nitrogens with one attached hydrogen (secondary N) is 1. The number of rotatable bonds is 5. The summed E-state index contributed by atoms with van der Waals surface area (Å²) in [4.78, 5) is 14.8. The lowest BCUT2D eigenvalue weighted by Crippen LogP contribution is -2.03. The smallest absolute Gasteiger partial charge is 0.319 e. The van der Waals surface area contributed by atoms with Crippen molar-refractivity contribution in [1.82, 2.24) is 4.98 Å². The van der Waals surface area contributed by atoms with Gasteiger partial charge in [-0.15, -0.1) is 11.3 Å². The van der Waals surface area contributed by atoms with E-state index in [2.05, 4.69) is 10.3 Å². The molecule has 18 heavy (non-hydrogen) atoms. The summed E-state index contributed by atoms with van der Waals surface area (Å²) >= 11 is 1.39. The summed E-state index contributed by atoms with van der Waals surface area (Å²) in [6.07, 6.45) is 3.62. The minimum absolute atomic E-state index is 0.0231. The van der Waals surface area contributed by atoms with Crippen molar-refractivity contribution in [3.63, 3.8) is 0 Å². The molecule has 1 aromatic carbocycles. The van der Waals surface area contributed by atoms with Gasteiger partial charge in [0, 0.05) is 13.1 Å². The van der Waals surface area contributed by atoms with Gasteiger partial charge in [0.15, 0.2) is 5.52 Å². The number of thiazole rings is 1. The maximum atomic E-state index is 11.1. The molecule has 0 bridgehead atoms. The van der Waals surface area contributed by atoms with E-state index < -0.39 is 4.92 Å². The Bertz CT molecular complexity index is 594. The summed E-state index contributed by atoms with van der Waals surface area (Å²) in [7, 11) is 0. The number of nitrogens with two attached hydrogens (primary N) is 1. The van der Waals surface area contributed by atoms with E-state index in [0.29, 0.717) is 24.3 Å². The van der Waals surface area contributed by atoms with Crippen molar-refractivity contribution in [2.24, 2.45) is 5.73 Å². The van der Waals surface area contributed by atoms with Crippen molar-refractivity contribution >= 4 is 32.9 Å². The number of hydrogen-bond donors (Lipinski definition) is 2. The second-order valence-corrected chi connectivity index (χ2v) is 4.39. The molecule has 6 nitrogen and oxygen atoms in total. The highest BCUT2D eigenvalue weighted by atomic mass is 32.1. The minimum Gasteiger partial charge on any atom is -0.376 e. The van der Waals surface area contributed by atoms with Crippen molar-refractivity contribution < 1.29 is 4.92 Å². The Morgan fingerprint density at radius 3 is 3.06 bits per heavy atom. The van der Waals surface area contributed by atoms with Crippen LogP contribution in [-0.2, 0) is 0 Å². The molecule has 0 unspecified atom stereocenters. The van der Waals surface area contributed by atoms with Gasteiger partial charge < -0.3 is 11.1 Å². The van der Waals surface area contributed by atoms with Crippen LogP contribution in [0, 0.1) is 10.1 Å². The van der Waals surface area contributed by atoms with Gasteiger partial charge in [0.1, 0.15) is 5.69 Å². The number of anilines is 1. The van der Waals surface area contributed by atoms with Gasteiger partial charge >= 0.3 is 5.69 Å². The summed E-state index contributed by atoms with van der Waals surface area (Å²) < 4.78 is 0.810. The SMILES string of the molecule is NC/C=C/CNc1ccc2scnc2c1[N+](=O)[O-]. The highest BCUT2D eigenvalue weighted by Crippen LogP contribution is 2.34.